The van der Waals surface area contributed by atoms with Crippen LogP contribution in [0.4, 0.5) is 0 Å². The molecule has 6 heteroatoms. The Labute approximate surface area is 129 Å². The first kappa shape index (κ1) is 15.2. The molecule has 0 radical (unpaired) electrons. The Kier molecular flexibility index (Phi) is 5.45. The Morgan fingerprint density at radius 1 is 1.33 bits per heavy atom. The fraction of sp³-hybridized carbons (Fsp3) is 0.267. The summed E-state index contributed by atoms with van der Waals surface area (Å²) in [5.74, 6) is -0.736. The molecule has 0 fully saturated rings. The van der Waals surface area contributed by atoms with Crippen molar-refractivity contribution in [2.75, 3.05) is 6.54 Å². The van der Waals surface area contributed by atoms with E-state index in [9.17, 15) is 4.79 Å². The Bertz CT molecular complexity index is 583. The van der Waals surface area contributed by atoms with Crippen molar-refractivity contribution in [1.82, 2.24) is 15.1 Å². The molecule has 1 amide bonds. The average molecular weight is 302 g/mol. The summed E-state index contributed by atoms with van der Waals surface area (Å²) in [4.78, 5) is 12.4. The number of nitrogens with zero attached hydrogens (tertiary/aromatic N) is 2. The molecule has 1 aromatic heterocycles. The number of carbonyl (C=O) groups is 1. The molecule has 1 unspecified atom stereocenters. The van der Waals surface area contributed by atoms with Gasteiger partial charge in [0, 0.05) is 25.5 Å². The topological polar surface area (TPSA) is 72.9 Å². The quantitative estimate of drug-likeness (QED) is 0.600. The molecule has 2 aromatic rings. The molecule has 0 aliphatic heterocycles. The molecule has 2 rings (SSSR count). The summed E-state index contributed by atoms with van der Waals surface area (Å²) in [7, 11) is 0. The smallest absolute Gasteiger partial charge is 0.234 e. The molecular formula is C15H18N4OS. The lowest BCUT2D eigenvalue weighted by Gasteiger charge is -2.15. The van der Waals surface area contributed by atoms with E-state index in [2.05, 4.69) is 10.4 Å². The third-order valence-electron chi connectivity index (χ3n) is 3.10. The summed E-state index contributed by atoms with van der Waals surface area (Å²) in [6, 6.07) is 11.2. The molecule has 0 saturated heterocycles. The molecule has 1 atom stereocenters. The molecule has 110 valence electrons. The number of benzene rings is 1. The van der Waals surface area contributed by atoms with Gasteiger partial charge >= 0.3 is 0 Å². The van der Waals surface area contributed by atoms with Crippen molar-refractivity contribution >= 4 is 23.1 Å². The fourth-order valence-corrected chi connectivity index (χ4v) is 2.32. The van der Waals surface area contributed by atoms with Crippen LogP contribution in [0, 0.1) is 0 Å². The van der Waals surface area contributed by atoms with E-state index >= 15 is 0 Å². The molecule has 0 spiro atoms. The Morgan fingerprint density at radius 3 is 2.71 bits per heavy atom. The van der Waals surface area contributed by atoms with Crippen molar-refractivity contribution in [2.45, 2.75) is 18.9 Å². The molecule has 0 bridgehead atoms. The first-order chi connectivity index (χ1) is 10.2. The number of hydrogen-bond acceptors (Lipinski definition) is 3. The highest BCUT2D eigenvalue weighted by Gasteiger charge is 2.22. The summed E-state index contributed by atoms with van der Waals surface area (Å²) in [6.07, 6.45) is 4.42. The van der Waals surface area contributed by atoms with E-state index in [-0.39, 0.29) is 10.9 Å². The Balaban J connectivity index is 1.86. The van der Waals surface area contributed by atoms with E-state index in [4.69, 9.17) is 18.0 Å². The van der Waals surface area contributed by atoms with Gasteiger partial charge in [-0.1, -0.05) is 42.5 Å². The van der Waals surface area contributed by atoms with Gasteiger partial charge in [-0.2, -0.15) is 5.10 Å². The first-order valence-corrected chi connectivity index (χ1v) is 7.18. The van der Waals surface area contributed by atoms with Crippen molar-refractivity contribution in [3.63, 3.8) is 0 Å². The van der Waals surface area contributed by atoms with Crippen molar-refractivity contribution in [2.24, 2.45) is 5.73 Å². The number of amides is 1. The molecule has 5 nitrogen and oxygen atoms in total. The maximum Gasteiger partial charge on any atom is 0.234 e. The minimum atomic E-state index is -0.578. The zero-order valence-electron chi connectivity index (χ0n) is 11.6. The molecule has 3 N–H and O–H groups in total. The summed E-state index contributed by atoms with van der Waals surface area (Å²) in [5, 5.41) is 6.98. The van der Waals surface area contributed by atoms with Gasteiger partial charge < -0.3 is 11.1 Å². The normalized spacial score (nSPS) is 11.8. The number of rotatable bonds is 7. The lowest BCUT2D eigenvalue weighted by Crippen LogP contribution is -2.36. The number of carbonyl (C=O) groups excluding carboxylic acids is 1. The maximum absolute atomic E-state index is 12.2. The first-order valence-electron chi connectivity index (χ1n) is 6.78. The number of hydrogen-bond donors (Lipinski definition) is 2. The van der Waals surface area contributed by atoms with Crippen molar-refractivity contribution in [1.29, 1.82) is 0 Å². The number of aryl methyl sites for hydroxylation is 1. The highest BCUT2D eigenvalue weighted by Crippen LogP contribution is 2.16. The van der Waals surface area contributed by atoms with Gasteiger partial charge in [-0.25, -0.2) is 0 Å². The van der Waals surface area contributed by atoms with Crippen LogP contribution in [0.25, 0.3) is 0 Å². The van der Waals surface area contributed by atoms with E-state index in [0.29, 0.717) is 6.54 Å². The lowest BCUT2D eigenvalue weighted by molar-refractivity contribution is -0.121. The van der Waals surface area contributed by atoms with Crippen LogP contribution in [0.15, 0.2) is 48.8 Å². The second-order valence-corrected chi connectivity index (χ2v) is 5.13. The largest absolute Gasteiger partial charge is 0.392 e. The zero-order chi connectivity index (χ0) is 15.1. The van der Waals surface area contributed by atoms with Crippen LogP contribution >= 0.6 is 12.2 Å². The summed E-state index contributed by atoms with van der Waals surface area (Å²) in [6.45, 7) is 1.32. The van der Waals surface area contributed by atoms with Gasteiger partial charge in [0.2, 0.25) is 5.91 Å². The minimum absolute atomic E-state index is 0.158. The van der Waals surface area contributed by atoms with Gasteiger partial charge in [0.05, 0.1) is 4.99 Å². The van der Waals surface area contributed by atoms with Crippen LogP contribution in [0.2, 0.25) is 0 Å². The van der Waals surface area contributed by atoms with E-state index in [1.807, 2.05) is 47.3 Å². The van der Waals surface area contributed by atoms with Crippen LogP contribution in [-0.4, -0.2) is 27.2 Å². The number of nitrogens with one attached hydrogen (secondary N) is 1. The van der Waals surface area contributed by atoms with E-state index in [1.54, 1.807) is 6.20 Å². The Hall–Kier alpha value is -2.21. The van der Waals surface area contributed by atoms with Crippen molar-refractivity contribution in [3.05, 3.63) is 54.4 Å². The molecule has 1 heterocycles. The van der Waals surface area contributed by atoms with Crippen LogP contribution in [0.3, 0.4) is 0 Å². The second kappa shape index (κ2) is 7.54. The maximum atomic E-state index is 12.2. The van der Waals surface area contributed by atoms with Gasteiger partial charge in [0.1, 0.15) is 5.92 Å². The Morgan fingerprint density at radius 2 is 2.10 bits per heavy atom. The van der Waals surface area contributed by atoms with Gasteiger partial charge in [0.25, 0.3) is 0 Å². The van der Waals surface area contributed by atoms with Crippen LogP contribution in [0.5, 0.6) is 0 Å². The van der Waals surface area contributed by atoms with Crippen molar-refractivity contribution < 1.29 is 4.79 Å². The fourth-order valence-electron chi connectivity index (χ4n) is 2.08. The average Bonchev–Trinajstić information content (AvgIpc) is 2.98. The van der Waals surface area contributed by atoms with E-state index < -0.39 is 5.92 Å². The highest BCUT2D eigenvalue weighted by atomic mass is 32.1. The van der Waals surface area contributed by atoms with Crippen LogP contribution in [0.1, 0.15) is 17.9 Å². The molecule has 21 heavy (non-hydrogen) atoms. The monoisotopic (exact) mass is 302 g/mol. The summed E-state index contributed by atoms with van der Waals surface area (Å²) >= 11 is 5.02. The number of aromatic nitrogens is 2. The standard InChI is InChI=1S/C15H18N4OS/c16-14(21)13(12-6-2-1-3-7-12)15(20)17-8-4-10-19-11-5-9-18-19/h1-3,5-7,9,11,13H,4,8,10H2,(H2,16,21)(H,17,20). The summed E-state index contributed by atoms with van der Waals surface area (Å²) in [5.41, 5.74) is 6.52. The molecular weight excluding hydrogens is 284 g/mol. The predicted molar refractivity (Wildman–Crippen MR) is 85.8 cm³/mol. The summed E-state index contributed by atoms with van der Waals surface area (Å²) < 4.78 is 1.83. The number of nitrogens with two attached hydrogens (primary N) is 1. The molecule has 0 aliphatic carbocycles. The van der Waals surface area contributed by atoms with E-state index in [1.165, 1.54) is 0 Å². The zero-order valence-corrected chi connectivity index (χ0v) is 12.4. The predicted octanol–water partition coefficient (Wildman–Crippen LogP) is 1.46. The molecule has 1 aromatic carbocycles. The third-order valence-corrected chi connectivity index (χ3v) is 3.34. The molecule has 0 aliphatic rings. The highest BCUT2D eigenvalue weighted by molar-refractivity contribution is 7.80. The van der Waals surface area contributed by atoms with Gasteiger partial charge in [-0.15, -0.1) is 0 Å². The number of thiocarbonyl (C=S) groups is 1. The third kappa shape index (κ3) is 4.39. The van der Waals surface area contributed by atoms with Crippen LogP contribution < -0.4 is 11.1 Å². The van der Waals surface area contributed by atoms with Crippen molar-refractivity contribution in [3.8, 4) is 0 Å². The van der Waals surface area contributed by atoms with Gasteiger partial charge in [-0.3, -0.25) is 9.48 Å². The van der Waals surface area contributed by atoms with Crippen LogP contribution in [-0.2, 0) is 11.3 Å². The van der Waals surface area contributed by atoms with Gasteiger partial charge in [0.15, 0.2) is 0 Å². The lowest BCUT2D eigenvalue weighted by atomic mass is 9.98. The van der Waals surface area contributed by atoms with E-state index in [0.717, 1.165) is 18.5 Å². The van der Waals surface area contributed by atoms with Gasteiger partial charge in [-0.05, 0) is 18.1 Å². The molecule has 0 saturated carbocycles. The second-order valence-electron chi connectivity index (χ2n) is 4.66. The minimum Gasteiger partial charge on any atom is -0.392 e. The SMILES string of the molecule is NC(=S)C(C(=O)NCCCn1cccn1)c1ccccc1.